The molecule has 3 aliphatic heterocycles. The Kier molecular flexibility index (Phi) is 4.17. The molecule has 3 saturated heterocycles. The Bertz CT molecular complexity index is 924. The lowest BCUT2D eigenvalue weighted by Crippen LogP contribution is -2.58. The van der Waals surface area contributed by atoms with E-state index < -0.39 is 0 Å². The second-order valence-corrected chi connectivity index (χ2v) is 7.66. The average Bonchev–Trinajstić information content (AvgIpc) is 3.16. The highest BCUT2D eigenvalue weighted by molar-refractivity contribution is 5.98. The van der Waals surface area contributed by atoms with Gasteiger partial charge < -0.3 is 10.2 Å². The molecule has 3 fully saturated rings. The number of nitrogens with zero attached hydrogens (tertiary/aromatic N) is 3. The highest BCUT2D eigenvalue weighted by Crippen LogP contribution is 2.36. The maximum atomic E-state index is 6.40. The number of para-hydroxylation sites is 1. The fraction of sp³-hybridized carbons (Fsp3) is 0.364. The maximum Gasteiger partial charge on any atom is 0.169 e. The lowest BCUT2D eigenvalue weighted by molar-refractivity contribution is 0.0296. The molecule has 2 bridgehead atoms. The van der Waals surface area contributed by atoms with E-state index in [1.54, 1.807) is 0 Å². The van der Waals surface area contributed by atoms with Crippen LogP contribution in [0.2, 0.25) is 0 Å². The molecular weight excluding hydrogens is 336 g/mol. The van der Waals surface area contributed by atoms with Crippen molar-refractivity contribution in [3.63, 3.8) is 0 Å². The summed E-state index contributed by atoms with van der Waals surface area (Å²) in [5.41, 5.74) is 8.52. The van der Waals surface area contributed by atoms with Crippen LogP contribution in [0.3, 0.4) is 0 Å². The van der Waals surface area contributed by atoms with Crippen LogP contribution in [0.25, 0.3) is 11.0 Å². The minimum atomic E-state index is 0.209. The predicted molar refractivity (Wildman–Crippen MR) is 107 cm³/mol. The molecule has 6 rings (SSSR count). The summed E-state index contributed by atoms with van der Waals surface area (Å²) in [6.45, 7) is 2.32. The Hall–Kier alpha value is -2.66. The van der Waals surface area contributed by atoms with Gasteiger partial charge in [-0.05, 0) is 62.0 Å². The van der Waals surface area contributed by atoms with Crippen LogP contribution in [-0.2, 0) is 6.42 Å². The number of aliphatic imine (C=N–C) groups is 1. The number of amidine groups is 1. The number of aromatic nitrogens is 1. The van der Waals surface area contributed by atoms with Crippen LogP contribution >= 0.6 is 0 Å². The van der Waals surface area contributed by atoms with Crippen LogP contribution in [0.15, 0.2) is 64.3 Å². The molecule has 1 aromatic carbocycles. The molecule has 0 amide bonds. The lowest BCUT2D eigenvalue weighted by Gasteiger charge is -2.49. The van der Waals surface area contributed by atoms with Gasteiger partial charge in [0.1, 0.15) is 5.58 Å². The van der Waals surface area contributed by atoms with Crippen molar-refractivity contribution in [2.24, 2.45) is 16.6 Å². The third-order valence-corrected chi connectivity index (χ3v) is 6.05. The average molecular weight is 360 g/mol. The number of piperidine rings is 3. The molecule has 0 unspecified atom stereocenters. The summed E-state index contributed by atoms with van der Waals surface area (Å²) in [5.74, 6) is 1.79. The smallest absolute Gasteiger partial charge is 0.169 e. The third-order valence-electron chi connectivity index (χ3n) is 6.05. The number of hydrogen-bond donors (Lipinski definition) is 1. The van der Waals surface area contributed by atoms with E-state index in [0.29, 0.717) is 23.6 Å². The van der Waals surface area contributed by atoms with Gasteiger partial charge >= 0.3 is 0 Å². The van der Waals surface area contributed by atoms with Crippen molar-refractivity contribution >= 4 is 16.8 Å². The van der Waals surface area contributed by atoms with Crippen molar-refractivity contribution in [2.75, 3.05) is 13.1 Å². The molecule has 2 atom stereocenters. The number of nitrogens with two attached hydrogens (primary N) is 1. The largest absolute Gasteiger partial charge is 0.453 e. The van der Waals surface area contributed by atoms with E-state index in [0.717, 1.165) is 30.5 Å². The normalized spacial score (nSPS) is 27.9. The summed E-state index contributed by atoms with van der Waals surface area (Å²) >= 11 is 0. The van der Waals surface area contributed by atoms with Crippen LogP contribution in [0, 0.1) is 5.92 Å². The highest BCUT2D eigenvalue weighted by Gasteiger charge is 2.42. The number of pyridine rings is 1. The quantitative estimate of drug-likeness (QED) is 0.573. The molecule has 5 heteroatoms. The van der Waals surface area contributed by atoms with Crippen LogP contribution in [-0.4, -0.2) is 40.9 Å². The van der Waals surface area contributed by atoms with Gasteiger partial charge in [0, 0.05) is 23.8 Å². The minimum Gasteiger partial charge on any atom is -0.453 e. The van der Waals surface area contributed by atoms with Gasteiger partial charge in [-0.1, -0.05) is 24.3 Å². The minimum absolute atomic E-state index is 0.209. The molecule has 0 radical (unpaired) electrons. The standard InChI is InChI=1S/C22H24N4O/c23-22(20-13-17-5-1-2-6-19(17)27-20)25-21-16-7-10-26(11-8-16)18(21)12-15-4-3-9-24-14-15/h1-6,9,13-14,16,18,21H,7-8,10-12H2,(H2,23,25)/t18-,21-/m1/s1. The summed E-state index contributed by atoms with van der Waals surface area (Å²) in [6, 6.07) is 14.7. The first kappa shape index (κ1) is 16.5. The predicted octanol–water partition coefficient (Wildman–Crippen LogP) is 3.24. The SMILES string of the molecule is NC(=N[C@@H]1C2CCN(CC2)[C@@H]1Cc1cccnc1)c1cc2ccccc2o1. The van der Waals surface area contributed by atoms with Crippen molar-refractivity contribution in [1.29, 1.82) is 0 Å². The van der Waals surface area contributed by atoms with Gasteiger partial charge in [-0.15, -0.1) is 0 Å². The Labute approximate surface area is 158 Å². The summed E-state index contributed by atoms with van der Waals surface area (Å²) < 4.78 is 5.93. The molecule has 0 spiro atoms. The van der Waals surface area contributed by atoms with Gasteiger partial charge in [-0.2, -0.15) is 0 Å². The summed E-state index contributed by atoms with van der Waals surface area (Å²) in [6.07, 6.45) is 7.15. The number of benzene rings is 1. The molecule has 2 aromatic heterocycles. The second kappa shape index (κ2) is 6.82. The van der Waals surface area contributed by atoms with E-state index in [1.807, 2.05) is 48.8 Å². The Morgan fingerprint density at radius 1 is 1.19 bits per heavy atom. The molecule has 2 N–H and O–H groups in total. The monoisotopic (exact) mass is 360 g/mol. The first-order valence-electron chi connectivity index (χ1n) is 9.73. The first-order chi connectivity index (χ1) is 13.3. The van der Waals surface area contributed by atoms with E-state index in [1.165, 1.54) is 18.4 Å². The fourth-order valence-corrected chi connectivity index (χ4v) is 4.66. The van der Waals surface area contributed by atoms with Crippen LogP contribution < -0.4 is 5.73 Å². The van der Waals surface area contributed by atoms with E-state index in [4.69, 9.17) is 15.1 Å². The van der Waals surface area contributed by atoms with Crippen LogP contribution in [0.5, 0.6) is 0 Å². The van der Waals surface area contributed by atoms with Crippen molar-refractivity contribution in [3.8, 4) is 0 Å². The van der Waals surface area contributed by atoms with E-state index in [9.17, 15) is 0 Å². The van der Waals surface area contributed by atoms with Crippen molar-refractivity contribution in [1.82, 2.24) is 9.88 Å². The van der Waals surface area contributed by atoms with Gasteiger partial charge in [0.2, 0.25) is 0 Å². The summed E-state index contributed by atoms with van der Waals surface area (Å²) in [5, 5.41) is 1.06. The summed E-state index contributed by atoms with van der Waals surface area (Å²) in [7, 11) is 0. The van der Waals surface area contributed by atoms with Crippen LogP contribution in [0.4, 0.5) is 0 Å². The Morgan fingerprint density at radius 2 is 2.04 bits per heavy atom. The first-order valence-corrected chi connectivity index (χ1v) is 9.73. The van der Waals surface area contributed by atoms with Gasteiger partial charge in [-0.3, -0.25) is 14.9 Å². The van der Waals surface area contributed by atoms with E-state index in [2.05, 4.69) is 16.0 Å². The molecule has 3 aliphatic rings. The summed E-state index contributed by atoms with van der Waals surface area (Å²) in [4.78, 5) is 11.9. The second-order valence-electron chi connectivity index (χ2n) is 7.66. The van der Waals surface area contributed by atoms with Crippen LogP contribution in [0.1, 0.15) is 24.2 Å². The molecular formula is C22H24N4O. The number of rotatable bonds is 4. The zero-order valence-electron chi connectivity index (χ0n) is 15.3. The zero-order chi connectivity index (χ0) is 18.2. The van der Waals surface area contributed by atoms with E-state index in [-0.39, 0.29) is 6.04 Å². The Balaban J connectivity index is 1.46. The van der Waals surface area contributed by atoms with Crippen molar-refractivity contribution in [3.05, 3.63) is 66.2 Å². The topological polar surface area (TPSA) is 67.7 Å². The molecule has 0 aliphatic carbocycles. The number of fused-ring (bicyclic) bond motifs is 4. The fourth-order valence-electron chi connectivity index (χ4n) is 4.66. The third kappa shape index (κ3) is 3.12. The molecule has 138 valence electrons. The Morgan fingerprint density at radius 3 is 2.81 bits per heavy atom. The van der Waals surface area contributed by atoms with Gasteiger partial charge in [0.25, 0.3) is 0 Å². The van der Waals surface area contributed by atoms with Crippen molar-refractivity contribution < 1.29 is 4.42 Å². The zero-order valence-corrected chi connectivity index (χ0v) is 15.3. The van der Waals surface area contributed by atoms with Gasteiger partial charge in [0.15, 0.2) is 11.6 Å². The van der Waals surface area contributed by atoms with Crippen molar-refractivity contribution in [2.45, 2.75) is 31.3 Å². The molecule has 3 aromatic rings. The maximum absolute atomic E-state index is 6.40. The van der Waals surface area contributed by atoms with Gasteiger partial charge in [0.05, 0.1) is 6.04 Å². The van der Waals surface area contributed by atoms with Gasteiger partial charge in [-0.25, -0.2) is 0 Å². The van der Waals surface area contributed by atoms with E-state index >= 15 is 0 Å². The number of furan rings is 1. The lowest BCUT2D eigenvalue weighted by atomic mass is 9.77. The molecule has 27 heavy (non-hydrogen) atoms. The highest BCUT2D eigenvalue weighted by atomic mass is 16.3. The molecule has 5 nitrogen and oxygen atoms in total. The molecule has 0 saturated carbocycles. The number of hydrogen-bond acceptors (Lipinski definition) is 4. The molecule has 5 heterocycles.